The van der Waals surface area contributed by atoms with E-state index in [-0.39, 0.29) is 11.7 Å². The SMILES string of the molecule is CCCNCCC(=O)N1CCC2(CC1)OCCO2. The molecular weight excluding hydrogens is 232 g/mol. The van der Waals surface area contributed by atoms with Gasteiger partial charge in [0.05, 0.1) is 13.2 Å². The van der Waals surface area contributed by atoms with Crippen LogP contribution in [0.4, 0.5) is 0 Å². The minimum absolute atomic E-state index is 0.242. The number of rotatable bonds is 5. The summed E-state index contributed by atoms with van der Waals surface area (Å²) in [6.45, 7) is 6.78. The molecule has 0 aromatic rings. The van der Waals surface area contributed by atoms with Crippen LogP contribution >= 0.6 is 0 Å². The summed E-state index contributed by atoms with van der Waals surface area (Å²) in [5, 5.41) is 3.26. The molecule has 2 aliphatic heterocycles. The molecule has 2 aliphatic rings. The average Bonchev–Trinajstić information content (AvgIpc) is 2.84. The van der Waals surface area contributed by atoms with Crippen LogP contribution in [0, 0.1) is 0 Å². The van der Waals surface area contributed by atoms with Gasteiger partial charge in [-0.1, -0.05) is 6.92 Å². The lowest BCUT2D eigenvalue weighted by Crippen LogP contribution is -2.47. The van der Waals surface area contributed by atoms with E-state index in [0.29, 0.717) is 19.6 Å². The highest BCUT2D eigenvalue weighted by Gasteiger charge is 2.40. The first-order valence-electron chi connectivity index (χ1n) is 7.02. The Balaban J connectivity index is 1.67. The van der Waals surface area contributed by atoms with Gasteiger partial charge in [0, 0.05) is 38.9 Å². The molecule has 2 saturated heterocycles. The maximum absolute atomic E-state index is 12.0. The standard InChI is InChI=1S/C13H24N2O3/c1-2-6-14-7-3-12(16)15-8-4-13(5-9-15)17-10-11-18-13/h14H,2-11H2,1H3. The van der Waals surface area contributed by atoms with E-state index in [4.69, 9.17) is 9.47 Å². The number of carbonyl (C=O) groups is 1. The Labute approximate surface area is 109 Å². The Morgan fingerprint density at radius 3 is 2.50 bits per heavy atom. The van der Waals surface area contributed by atoms with Crippen LogP contribution in [0.1, 0.15) is 32.6 Å². The van der Waals surface area contributed by atoms with Gasteiger partial charge in [-0.3, -0.25) is 4.79 Å². The van der Waals surface area contributed by atoms with Crippen molar-refractivity contribution in [1.82, 2.24) is 10.2 Å². The lowest BCUT2D eigenvalue weighted by atomic mass is 10.0. The molecule has 104 valence electrons. The van der Waals surface area contributed by atoms with Gasteiger partial charge in [-0.25, -0.2) is 0 Å². The van der Waals surface area contributed by atoms with E-state index >= 15 is 0 Å². The fraction of sp³-hybridized carbons (Fsp3) is 0.923. The maximum atomic E-state index is 12.0. The van der Waals surface area contributed by atoms with Gasteiger partial charge >= 0.3 is 0 Å². The topological polar surface area (TPSA) is 50.8 Å². The van der Waals surface area contributed by atoms with Gasteiger partial charge in [0.2, 0.25) is 5.91 Å². The maximum Gasteiger partial charge on any atom is 0.223 e. The number of piperidine rings is 1. The second-order valence-electron chi connectivity index (χ2n) is 4.99. The summed E-state index contributed by atoms with van der Waals surface area (Å²) in [5.41, 5.74) is 0. The fourth-order valence-corrected chi connectivity index (χ4v) is 2.54. The highest BCUT2D eigenvalue weighted by Crippen LogP contribution is 2.31. The predicted octanol–water partition coefficient (Wildman–Crippen LogP) is 0.742. The minimum Gasteiger partial charge on any atom is -0.347 e. The fourth-order valence-electron chi connectivity index (χ4n) is 2.54. The molecule has 0 aromatic heterocycles. The lowest BCUT2D eigenvalue weighted by molar-refractivity contribution is -0.187. The first-order chi connectivity index (χ1) is 8.76. The number of ether oxygens (including phenoxy) is 2. The quantitative estimate of drug-likeness (QED) is 0.737. The lowest BCUT2D eigenvalue weighted by Gasteiger charge is -2.37. The van der Waals surface area contributed by atoms with E-state index in [2.05, 4.69) is 12.2 Å². The zero-order chi connectivity index (χ0) is 12.8. The van der Waals surface area contributed by atoms with Crippen molar-refractivity contribution in [3.05, 3.63) is 0 Å². The molecule has 18 heavy (non-hydrogen) atoms. The molecule has 2 rings (SSSR count). The highest BCUT2D eigenvalue weighted by molar-refractivity contribution is 5.76. The van der Waals surface area contributed by atoms with E-state index in [0.717, 1.165) is 45.4 Å². The molecule has 0 bridgehead atoms. The molecule has 1 spiro atoms. The van der Waals surface area contributed by atoms with Crippen molar-refractivity contribution in [2.75, 3.05) is 39.4 Å². The summed E-state index contributed by atoms with van der Waals surface area (Å²) >= 11 is 0. The summed E-state index contributed by atoms with van der Waals surface area (Å²) in [5.74, 6) is -0.136. The van der Waals surface area contributed by atoms with Crippen LogP contribution in [0.5, 0.6) is 0 Å². The molecule has 0 aliphatic carbocycles. The summed E-state index contributed by atoms with van der Waals surface area (Å²) in [7, 11) is 0. The van der Waals surface area contributed by atoms with E-state index in [1.54, 1.807) is 0 Å². The van der Waals surface area contributed by atoms with Crippen molar-refractivity contribution < 1.29 is 14.3 Å². The number of carbonyl (C=O) groups excluding carboxylic acids is 1. The van der Waals surface area contributed by atoms with Crippen LogP contribution in [-0.4, -0.2) is 56.0 Å². The first kappa shape index (κ1) is 13.8. The molecule has 0 radical (unpaired) electrons. The Kier molecular flexibility index (Phi) is 4.97. The van der Waals surface area contributed by atoms with Gasteiger partial charge in [0.15, 0.2) is 5.79 Å². The highest BCUT2D eigenvalue weighted by atomic mass is 16.7. The van der Waals surface area contributed by atoms with Crippen molar-refractivity contribution in [1.29, 1.82) is 0 Å². The molecule has 5 nitrogen and oxygen atoms in total. The summed E-state index contributed by atoms with van der Waals surface area (Å²) in [6, 6.07) is 0. The van der Waals surface area contributed by atoms with E-state index in [1.165, 1.54) is 0 Å². The second-order valence-corrected chi connectivity index (χ2v) is 4.99. The second kappa shape index (κ2) is 6.50. The van der Waals surface area contributed by atoms with Crippen molar-refractivity contribution in [2.24, 2.45) is 0 Å². The van der Waals surface area contributed by atoms with Crippen molar-refractivity contribution in [3.63, 3.8) is 0 Å². The third kappa shape index (κ3) is 3.43. The van der Waals surface area contributed by atoms with Gasteiger partial charge in [-0.15, -0.1) is 0 Å². The molecule has 2 heterocycles. The molecule has 0 saturated carbocycles. The molecular formula is C13H24N2O3. The Morgan fingerprint density at radius 2 is 1.89 bits per heavy atom. The van der Waals surface area contributed by atoms with Crippen molar-refractivity contribution in [2.45, 2.75) is 38.4 Å². The Morgan fingerprint density at radius 1 is 1.22 bits per heavy atom. The monoisotopic (exact) mass is 256 g/mol. The van der Waals surface area contributed by atoms with Gasteiger partial charge in [0.1, 0.15) is 0 Å². The molecule has 0 aromatic carbocycles. The number of nitrogens with one attached hydrogen (secondary N) is 1. The molecule has 0 unspecified atom stereocenters. The van der Waals surface area contributed by atoms with Gasteiger partial charge in [0.25, 0.3) is 0 Å². The summed E-state index contributed by atoms with van der Waals surface area (Å²) < 4.78 is 11.3. The zero-order valence-electron chi connectivity index (χ0n) is 11.2. The number of amides is 1. The number of nitrogens with zero attached hydrogens (tertiary/aromatic N) is 1. The normalized spacial score (nSPS) is 22.6. The van der Waals surface area contributed by atoms with E-state index in [1.807, 2.05) is 4.90 Å². The van der Waals surface area contributed by atoms with Crippen LogP contribution in [0.15, 0.2) is 0 Å². The molecule has 0 atom stereocenters. The molecule has 1 N–H and O–H groups in total. The first-order valence-corrected chi connectivity index (χ1v) is 7.02. The van der Waals surface area contributed by atoms with Gasteiger partial charge in [-0.05, 0) is 13.0 Å². The van der Waals surface area contributed by atoms with Crippen LogP contribution in [0.2, 0.25) is 0 Å². The van der Waals surface area contributed by atoms with Crippen LogP contribution in [0.25, 0.3) is 0 Å². The number of hydrogen-bond acceptors (Lipinski definition) is 4. The van der Waals surface area contributed by atoms with E-state index < -0.39 is 0 Å². The molecule has 5 heteroatoms. The third-order valence-corrected chi connectivity index (χ3v) is 3.63. The van der Waals surface area contributed by atoms with Crippen LogP contribution < -0.4 is 5.32 Å². The third-order valence-electron chi connectivity index (χ3n) is 3.63. The van der Waals surface area contributed by atoms with Crippen molar-refractivity contribution in [3.8, 4) is 0 Å². The van der Waals surface area contributed by atoms with Crippen LogP contribution in [-0.2, 0) is 14.3 Å². The number of hydrogen-bond donors (Lipinski definition) is 1. The van der Waals surface area contributed by atoms with Crippen molar-refractivity contribution >= 4 is 5.91 Å². The Hall–Kier alpha value is -0.650. The largest absolute Gasteiger partial charge is 0.347 e. The van der Waals surface area contributed by atoms with E-state index in [9.17, 15) is 4.79 Å². The van der Waals surface area contributed by atoms with Crippen LogP contribution in [0.3, 0.4) is 0 Å². The Bertz CT molecular complexity index is 267. The average molecular weight is 256 g/mol. The number of likely N-dealkylation sites (tertiary alicyclic amines) is 1. The molecule has 2 fully saturated rings. The predicted molar refractivity (Wildman–Crippen MR) is 68.2 cm³/mol. The molecule has 1 amide bonds. The summed E-state index contributed by atoms with van der Waals surface area (Å²) in [4.78, 5) is 13.9. The van der Waals surface area contributed by atoms with Gasteiger partial charge in [-0.2, -0.15) is 0 Å². The minimum atomic E-state index is -0.378. The smallest absolute Gasteiger partial charge is 0.223 e. The zero-order valence-corrected chi connectivity index (χ0v) is 11.2. The summed E-state index contributed by atoms with van der Waals surface area (Å²) in [6.07, 6.45) is 3.31. The van der Waals surface area contributed by atoms with Gasteiger partial charge < -0.3 is 19.7 Å².